The molecule has 0 bridgehead atoms. The molecule has 1 saturated heterocycles. The number of Topliss-reactive ketones (excluding diaryl/α,β-unsaturated/α-hetero) is 1. The molecule has 1 radical (unpaired) electrons. The average Bonchev–Trinajstić information content (AvgIpc) is 3.74. The number of benzene rings is 2. The van der Waals surface area contributed by atoms with E-state index < -0.39 is 66.0 Å². The van der Waals surface area contributed by atoms with Crippen molar-refractivity contribution >= 4 is 35.6 Å². The Morgan fingerprint density at radius 1 is 0.912 bits per heavy atom. The van der Waals surface area contributed by atoms with Crippen molar-refractivity contribution in [3.05, 3.63) is 77.9 Å². The Labute approximate surface area is 430 Å². The van der Waals surface area contributed by atoms with Crippen molar-refractivity contribution in [2.24, 2.45) is 17.8 Å². The second-order valence-electron chi connectivity index (χ2n) is 19.5. The summed E-state index contributed by atoms with van der Waals surface area (Å²) in [5.74, 6) is -1.09. The number of nitrogens with zero attached hydrogens (tertiary/aromatic N) is 2. The average molecular weight is 1030 g/mol. The predicted molar refractivity (Wildman–Crippen MR) is 258 cm³/mol. The van der Waals surface area contributed by atoms with Crippen LogP contribution in [0.2, 0.25) is 0 Å². The van der Waals surface area contributed by atoms with E-state index in [1.165, 1.54) is 11.8 Å². The van der Waals surface area contributed by atoms with E-state index >= 15 is 0 Å². The molecule has 0 spiro atoms. The molecule has 0 saturated carbocycles. The second-order valence-corrected chi connectivity index (χ2v) is 19.5. The van der Waals surface area contributed by atoms with Crippen molar-refractivity contribution < 1.29 is 85.5 Å². The number of ketones is 1. The van der Waals surface area contributed by atoms with Gasteiger partial charge in [-0.3, -0.25) is 19.3 Å². The monoisotopic (exact) mass is 1030 g/mol. The largest absolute Gasteiger partial charge is 0.667 e. The van der Waals surface area contributed by atoms with E-state index in [-0.39, 0.29) is 87.6 Å². The van der Waals surface area contributed by atoms with Gasteiger partial charge < -0.3 is 56.5 Å². The third-order valence-corrected chi connectivity index (χ3v) is 10.9. The maximum absolute atomic E-state index is 13.6. The fraction of sp³-hybridized carbons (Fsp3) is 0.627. The van der Waals surface area contributed by atoms with Gasteiger partial charge in [-0.15, -0.1) is 6.42 Å². The van der Waals surface area contributed by atoms with Crippen molar-refractivity contribution in [1.29, 1.82) is 0 Å². The minimum atomic E-state index is -1.35. The van der Waals surface area contributed by atoms with Crippen molar-refractivity contribution in [1.82, 2.24) is 20.4 Å². The van der Waals surface area contributed by atoms with Crippen molar-refractivity contribution in [2.75, 3.05) is 27.7 Å². The van der Waals surface area contributed by atoms with Gasteiger partial charge in [0.05, 0.1) is 19.3 Å². The van der Waals surface area contributed by atoms with E-state index in [0.717, 1.165) is 17.5 Å². The first-order chi connectivity index (χ1) is 31.3. The molecule has 379 valence electrons. The van der Waals surface area contributed by atoms with Gasteiger partial charge in [-0.05, 0) is 96.1 Å². The van der Waals surface area contributed by atoms with Gasteiger partial charge in [0.25, 0.3) is 0 Å². The number of hydrogen-bond donors (Lipinski definition) is 3. The number of amides is 3. The van der Waals surface area contributed by atoms with E-state index in [4.69, 9.17) is 24.7 Å². The van der Waals surface area contributed by atoms with Crippen LogP contribution in [0.4, 0.5) is 4.79 Å². The molecule has 1 aliphatic heterocycles. The Hall–Kier alpha value is -3.96. The number of carbonyl (C=O) groups is 6. The Kier molecular flexibility index (Phi) is 27.9. The molecule has 2 aromatic carbocycles. The fourth-order valence-corrected chi connectivity index (χ4v) is 7.27. The Balaban J connectivity index is 0.000000805. The Morgan fingerprint density at radius 2 is 1.53 bits per heavy atom. The third kappa shape index (κ3) is 22.6. The Morgan fingerprint density at radius 3 is 2.06 bits per heavy atom. The molecule has 17 heteroatoms. The number of rotatable bonds is 23. The molecule has 0 aromatic heterocycles. The van der Waals surface area contributed by atoms with Crippen molar-refractivity contribution in [2.45, 2.75) is 162 Å². The second kappa shape index (κ2) is 30.6. The van der Waals surface area contributed by atoms with Crippen LogP contribution in [0.25, 0.3) is 5.73 Å². The zero-order valence-corrected chi connectivity index (χ0v) is 45.5. The summed E-state index contributed by atoms with van der Waals surface area (Å²) >= 11 is 0. The number of carbonyl (C=O) groups excluding carboxylic acids is 6. The number of hydrogen-bond acceptors (Lipinski definition) is 12. The molecule has 68 heavy (non-hydrogen) atoms. The summed E-state index contributed by atoms with van der Waals surface area (Å²) in [7, 11) is 5.07. The number of ether oxygens (including phenoxy) is 4. The summed E-state index contributed by atoms with van der Waals surface area (Å²) < 4.78 is 21.7. The number of esters is 2. The van der Waals surface area contributed by atoms with Gasteiger partial charge in [-0.1, -0.05) is 96.5 Å². The summed E-state index contributed by atoms with van der Waals surface area (Å²) in [6, 6.07) is 12.6. The first-order valence-electron chi connectivity index (χ1n) is 23.4. The maximum Gasteiger partial charge on any atom is 0.408 e. The molecule has 7 atom stereocenters. The maximum atomic E-state index is 13.6. The molecule has 1 heterocycles. The summed E-state index contributed by atoms with van der Waals surface area (Å²) in [6.07, 6.45) is 1.05. The van der Waals surface area contributed by atoms with E-state index in [1.807, 2.05) is 76.6 Å². The van der Waals surface area contributed by atoms with Gasteiger partial charge in [0.2, 0.25) is 11.8 Å². The van der Waals surface area contributed by atoms with E-state index in [0.29, 0.717) is 31.6 Å². The van der Waals surface area contributed by atoms with Crippen LogP contribution in [0, 0.1) is 24.2 Å². The fourth-order valence-electron chi connectivity index (χ4n) is 7.27. The first kappa shape index (κ1) is 62.1. The van der Waals surface area contributed by atoms with Crippen LogP contribution in [0.3, 0.4) is 0 Å². The molecule has 0 aliphatic carbocycles. The van der Waals surface area contributed by atoms with E-state index in [1.54, 1.807) is 72.9 Å². The molecule has 1 aliphatic rings. The van der Waals surface area contributed by atoms with Crippen LogP contribution in [-0.4, -0.2) is 126 Å². The standard InChI is InChI=1S/C33H54N3O8.C18H25N2O3.Y/c1-20(2)12-15-24(37)19-27(38)28(21(3)4)34-30(39)29(35-32(41)44-33(6,7)8)22(5)43-31(40)26(36(9)10)18-23-13-16-25(42-11)17-14-23;1-13(2)11-15(19)17(21)20-10-6-9-16(20)18(22)23-12-14-7-4-3-5-8-14;/h12-14,16-17,20-22,26-29,38H,15,18-19H2,1-11H3,(H,34,39)(H,35,41);3-5,7-8,13,15-16,19H,6,9-12H2,1-2H3;/q2*-1;/t22-,26+,27+,28-,29+;15-,16-;/m10./s1. The topological polar surface area (TPSA) is 214 Å². The van der Waals surface area contributed by atoms with Gasteiger partial charge in [-0.2, -0.15) is 5.92 Å². The van der Waals surface area contributed by atoms with E-state index in [2.05, 4.69) is 10.6 Å². The zero-order valence-electron chi connectivity index (χ0n) is 42.7. The van der Waals surface area contributed by atoms with Gasteiger partial charge in [0.1, 0.15) is 48.0 Å². The van der Waals surface area contributed by atoms with Crippen LogP contribution < -0.4 is 15.4 Å². The van der Waals surface area contributed by atoms with Crippen LogP contribution in [-0.2, 0) is 83.9 Å². The van der Waals surface area contributed by atoms with Crippen LogP contribution >= 0.6 is 0 Å². The zero-order chi connectivity index (χ0) is 50.6. The molecular weight excluding hydrogens is 947 g/mol. The van der Waals surface area contributed by atoms with E-state index in [9.17, 15) is 33.9 Å². The normalized spacial score (nSPS) is 16.3. The number of likely N-dealkylation sites (tertiary alicyclic amines) is 1. The predicted octanol–water partition coefficient (Wildman–Crippen LogP) is 6.89. The first-order valence-corrected chi connectivity index (χ1v) is 23.4. The third-order valence-electron chi connectivity index (χ3n) is 10.9. The SMILES string of the molecule is CC(C)C[C@H]([NH-])C(=O)N1CCC[C@H]1C(=O)OCc1ccccc1.COc1ccc(C[C@@H](C(=O)O[C@H](C)[C@H](NC(=O)OC(C)(C)C)C(=O)N[C@H](C(C)C)[C@@H](O)CC(=O)C[CH-]C(C)C)N(C)C)cc1.[Y]. The minimum Gasteiger partial charge on any atom is -0.667 e. The molecule has 1 fully saturated rings. The summed E-state index contributed by atoms with van der Waals surface area (Å²) in [4.78, 5) is 80.2. The molecule has 0 unspecified atom stereocenters. The quantitative estimate of drug-likeness (QED) is 0.0590. The molecule has 16 nitrogen and oxygen atoms in total. The molecular formula is C51H79N5O11Y-2. The molecule has 3 amide bonds. The van der Waals surface area contributed by atoms with Crippen LogP contribution in [0.1, 0.15) is 112 Å². The summed E-state index contributed by atoms with van der Waals surface area (Å²) in [6.45, 7) is 18.8. The molecule has 4 N–H and O–H groups in total. The molecule has 3 rings (SSSR count). The summed E-state index contributed by atoms with van der Waals surface area (Å²) in [5.41, 5.74) is 8.96. The smallest absolute Gasteiger partial charge is 0.408 e. The minimum absolute atomic E-state index is 0. The number of methoxy groups -OCH3 is 1. The number of aliphatic hydroxyl groups excluding tert-OH is 1. The van der Waals surface area contributed by atoms with Gasteiger partial charge in [0.15, 0.2) is 0 Å². The van der Waals surface area contributed by atoms with Crippen LogP contribution in [0.15, 0.2) is 54.6 Å². The van der Waals surface area contributed by atoms with Gasteiger partial charge in [-0.25, -0.2) is 9.59 Å². The van der Waals surface area contributed by atoms with Gasteiger partial charge >= 0.3 is 18.0 Å². The number of aliphatic hydroxyl groups is 1. The number of nitrogens with one attached hydrogen (secondary N) is 3. The van der Waals surface area contributed by atoms with Crippen molar-refractivity contribution in [3.8, 4) is 5.75 Å². The number of likely N-dealkylation sites (N-methyl/N-ethyl adjacent to an activating group) is 1. The van der Waals surface area contributed by atoms with Crippen LogP contribution in [0.5, 0.6) is 5.75 Å². The summed E-state index contributed by atoms with van der Waals surface area (Å²) in [5, 5.41) is 16.2. The van der Waals surface area contributed by atoms with Gasteiger partial charge in [0, 0.05) is 45.7 Å². The molecule has 2 aromatic rings. The number of alkyl carbamates (subject to hydrolysis) is 1. The Bertz CT molecular complexity index is 1860. The van der Waals surface area contributed by atoms with Crippen molar-refractivity contribution in [3.63, 3.8) is 0 Å².